The minimum Gasteiger partial charge on any atom is -0.481 e. The van der Waals surface area contributed by atoms with E-state index in [2.05, 4.69) is 10.3 Å². The predicted octanol–water partition coefficient (Wildman–Crippen LogP) is 4.37. The fourth-order valence-corrected chi connectivity index (χ4v) is 2.64. The molecule has 0 aliphatic heterocycles. The summed E-state index contributed by atoms with van der Waals surface area (Å²) in [5.41, 5.74) is -0.221. The highest BCUT2D eigenvalue weighted by molar-refractivity contribution is 7.15. The number of nitrogens with one attached hydrogen (secondary N) is 1. The number of rotatable bonds is 6. The molecule has 0 atom stereocenters. The predicted molar refractivity (Wildman–Crippen MR) is 83.7 cm³/mol. The second-order valence-corrected chi connectivity index (χ2v) is 5.87. The van der Waals surface area contributed by atoms with Crippen molar-refractivity contribution < 1.29 is 9.66 Å². The van der Waals surface area contributed by atoms with Gasteiger partial charge in [-0.05, 0) is 6.92 Å². The maximum atomic E-state index is 11.0. The number of ether oxygens (including phenoxy) is 1. The van der Waals surface area contributed by atoms with Crippen LogP contribution >= 0.6 is 34.5 Å². The molecule has 0 radical (unpaired) electrons. The van der Waals surface area contributed by atoms with E-state index < -0.39 is 4.92 Å². The number of aromatic nitrogens is 1. The number of halogens is 2. The molecule has 1 aromatic heterocycles. The molecule has 21 heavy (non-hydrogen) atoms. The smallest absolute Gasteiger partial charge is 0.312 e. The van der Waals surface area contributed by atoms with E-state index in [9.17, 15) is 10.1 Å². The van der Waals surface area contributed by atoms with Gasteiger partial charge < -0.3 is 10.1 Å². The number of thiazole rings is 1. The number of nitrogens with zero attached hydrogens (tertiary/aromatic N) is 2. The number of anilines is 1. The number of benzene rings is 1. The minimum atomic E-state index is -0.561. The molecule has 1 N–H and O–H groups in total. The average molecular weight is 348 g/mol. The summed E-state index contributed by atoms with van der Waals surface area (Å²) in [6.07, 6.45) is 1.66. The van der Waals surface area contributed by atoms with Crippen molar-refractivity contribution in [1.82, 2.24) is 4.98 Å². The topological polar surface area (TPSA) is 77.3 Å². The number of nitro benzene ring substituents is 1. The van der Waals surface area contributed by atoms with Gasteiger partial charge in [0.05, 0.1) is 19.8 Å². The highest BCUT2D eigenvalue weighted by Gasteiger charge is 2.18. The third kappa shape index (κ3) is 3.96. The number of nitro groups is 1. The zero-order chi connectivity index (χ0) is 15.4. The molecule has 0 spiro atoms. The molecule has 0 saturated heterocycles. The van der Waals surface area contributed by atoms with Gasteiger partial charge in [0.25, 0.3) is 0 Å². The van der Waals surface area contributed by atoms with Crippen LogP contribution in [-0.2, 0) is 6.61 Å². The van der Waals surface area contributed by atoms with Gasteiger partial charge in [-0.25, -0.2) is 4.98 Å². The van der Waals surface area contributed by atoms with Gasteiger partial charge in [-0.3, -0.25) is 10.1 Å². The van der Waals surface area contributed by atoms with Crippen molar-refractivity contribution in [2.75, 3.05) is 11.9 Å². The fraction of sp³-hybridized carbons (Fsp3) is 0.250. The molecule has 2 rings (SSSR count). The van der Waals surface area contributed by atoms with E-state index in [4.69, 9.17) is 27.9 Å². The van der Waals surface area contributed by atoms with E-state index >= 15 is 0 Å². The lowest BCUT2D eigenvalue weighted by Gasteiger charge is -2.06. The van der Waals surface area contributed by atoms with Crippen molar-refractivity contribution in [3.8, 4) is 5.75 Å². The molecule has 1 heterocycles. The molecule has 0 amide bonds. The first-order valence-corrected chi connectivity index (χ1v) is 7.53. The average Bonchev–Trinajstić information content (AvgIpc) is 2.87. The van der Waals surface area contributed by atoms with Gasteiger partial charge in [0, 0.05) is 24.9 Å². The largest absolute Gasteiger partial charge is 0.481 e. The Labute approximate surface area is 134 Å². The Bertz CT molecular complexity index is 663. The second-order valence-electron chi connectivity index (χ2n) is 3.94. The molecule has 6 nitrogen and oxygen atoms in total. The van der Waals surface area contributed by atoms with Gasteiger partial charge in [-0.2, -0.15) is 0 Å². The fourth-order valence-electron chi connectivity index (χ4n) is 1.53. The molecule has 0 saturated carbocycles. The van der Waals surface area contributed by atoms with Crippen LogP contribution in [0.5, 0.6) is 5.75 Å². The van der Waals surface area contributed by atoms with Gasteiger partial charge in [-0.15, -0.1) is 0 Å². The Hall–Kier alpha value is -1.57. The van der Waals surface area contributed by atoms with Gasteiger partial charge in [0.2, 0.25) is 0 Å². The molecule has 0 fully saturated rings. The van der Waals surface area contributed by atoms with E-state index in [1.807, 2.05) is 6.92 Å². The second kappa shape index (κ2) is 6.93. The Morgan fingerprint density at radius 3 is 2.81 bits per heavy atom. The van der Waals surface area contributed by atoms with Gasteiger partial charge in [0.1, 0.15) is 6.61 Å². The lowest BCUT2D eigenvalue weighted by Crippen LogP contribution is -1.98. The summed E-state index contributed by atoms with van der Waals surface area (Å²) >= 11 is 13.1. The quantitative estimate of drug-likeness (QED) is 0.620. The summed E-state index contributed by atoms with van der Waals surface area (Å²) in [7, 11) is 0. The molecule has 0 aliphatic rings. The normalized spacial score (nSPS) is 10.4. The van der Waals surface area contributed by atoms with E-state index in [1.165, 1.54) is 23.5 Å². The van der Waals surface area contributed by atoms with E-state index in [1.54, 1.807) is 6.20 Å². The van der Waals surface area contributed by atoms with E-state index in [-0.39, 0.29) is 28.1 Å². The zero-order valence-corrected chi connectivity index (χ0v) is 13.3. The first-order chi connectivity index (χ1) is 10.0. The van der Waals surface area contributed by atoms with Gasteiger partial charge in [-0.1, -0.05) is 34.5 Å². The van der Waals surface area contributed by atoms with Crippen LogP contribution in [0.1, 0.15) is 11.8 Å². The molecule has 112 valence electrons. The van der Waals surface area contributed by atoms with Crippen molar-refractivity contribution >= 4 is 45.4 Å². The highest BCUT2D eigenvalue weighted by Crippen LogP contribution is 2.36. The number of hydrogen-bond acceptors (Lipinski definition) is 6. The Morgan fingerprint density at radius 2 is 2.14 bits per heavy atom. The van der Waals surface area contributed by atoms with Crippen LogP contribution < -0.4 is 10.1 Å². The summed E-state index contributed by atoms with van der Waals surface area (Å²) in [5.74, 6) is 0.0767. The van der Waals surface area contributed by atoms with Crippen molar-refractivity contribution in [1.29, 1.82) is 0 Å². The summed E-state index contributed by atoms with van der Waals surface area (Å²) in [4.78, 5) is 15.4. The van der Waals surface area contributed by atoms with Crippen molar-refractivity contribution in [2.45, 2.75) is 13.5 Å². The summed E-state index contributed by atoms with van der Waals surface area (Å²) in [6.45, 7) is 2.91. The molecule has 1 aromatic carbocycles. The van der Waals surface area contributed by atoms with Gasteiger partial charge >= 0.3 is 5.69 Å². The van der Waals surface area contributed by atoms with Crippen LogP contribution in [0, 0.1) is 10.1 Å². The van der Waals surface area contributed by atoms with E-state index in [0.717, 1.165) is 16.6 Å². The zero-order valence-electron chi connectivity index (χ0n) is 10.9. The standard InChI is InChI=1S/C12H11Cl2N3O3S/c1-2-15-12-16-5-7(21-12)6-20-11-4-9(14)8(13)3-10(11)17(18)19/h3-5H,2,6H2,1H3,(H,15,16). The number of hydrogen-bond donors (Lipinski definition) is 1. The van der Waals surface area contributed by atoms with Crippen LogP contribution in [0.3, 0.4) is 0 Å². The van der Waals surface area contributed by atoms with Gasteiger partial charge in [0.15, 0.2) is 10.9 Å². The Kier molecular flexibility index (Phi) is 5.22. The lowest BCUT2D eigenvalue weighted by atomic mass is 10.3. The maximum Gasteiger partial charge on any atom is 0.312 e. The van der Waals surface area contributed by atoms with Crippen molar-refractivity contribution in [3.05, 3.63) is 43.4 Å². The first kappa shape index (κ1) is 15.8. The van der Waals surface area contributed by atoms with Crippen LogP contribution in [0.25, 0.3) is 0 Å². The molecule has 9 heteroatoms. The molecule has 0 unspecified atom stereocenters. The summed E-state index contributed by atoms with van der Waals surface area (Å²) < 4.78 is 5.47. The molecular formula is C12H11Cl2N3O3S. The highest BCUT2D eigenvalue weighted by atomic mass is 35.5. The first-order valence-electron chi connectivity index (χ1n) is 5.96. The SMILES string of the molecule is CCNc1ncc(COc2cc(Cl)c(Cl)cc2[N+](=O)[O-])s1. The van der Waals surface area contributed by atoms with Crippen LogP contribution in [-0.4, -0.2) is 16.5 Å². The van der Waals surface area contributed by atoms with Crippen LogP contribution in [0.2, 0.25) is 10.0 Å². The van der Waals surface area contributed by atoms with Crippen LogP contribution in [0.4, 0.5) is 10.8 Å². The molecule has 0 aliphatic carbocycles. The third-order valence-corrected chi connectivity index (χ3v) is 4.10. The Morgan fingerprint density at radius 1 is 1.43 bits per heavy atom. The molecule has 0 bridgehead atoms. The lowest BCUT2D eigenvalue weighted by molar-refractivity contribution is -0.385. The maximum absolute atomic E-state index is 11.0. The van der Waals surface area contributed by atoms with Crippen LogP contribution in [0.15, 0.2) is 18.3 Å². The Balaban J connectivity index is 2.15. The summed E-state index contributed by atoms with van der Waals surface area (Å²) in [6, 6.07) is 2.52. The van der Waals surface area contributed by atoms with Crippen molar-refractivity contribution in [2.24, 2.45) is 0 Å². The monoisotopic (exact) mass is 347 g/mol. The summed E-state index contributed by atoms with van der Waals surface area (Å²) in [5, 5.41) is 15.2. The molecular weight excluding hydrogens is 337 g/mol. The minimum absolute atomic E-state index is 0.0767. The van der Waals surface area contributed by atoms with E-state index in [0.29, 0.717) is 0 Å². The molecule has 2 aromatic rings. The third-order valence-electron chi connectivity index (χ3n) is 2.45. The van der Waals surface area contributed by atoms with Crippen molar-refractivity contribution in [3.63, 3.8) is 0 Å².